The first-order chi connectivity index (χ1) is 9.24. The molecule has 0 saturated carbocycles. The minimum absolute atomic E-state index is 0.303. The first-order valence-corrected chi connectivity index (χ1v) is 8.02. The monoisotopic (exact) mass is 265 g/mol. The van der Waals surface area contributed by atoms with Gasteiger partial charge in [0.25, 0.3) is 0 Å². The van der Waals surface area contributed by atoms with Gasteiger partial charge in [-0.2, -0.15) is 0 Å². The molecule has 2 amide bonds. The van der Waals surface area contributed by atoms with E-state index in [0.717, 1.165) is 38.6 Å². The molecule has 19 heavy (non-hydrogen) atoms. The largest absolute Gasteiger partial charge is 0.325 e. The number of piperazine rings is 1. The fourth-order valence-corrected chi connectivity index (χ4v) is 3.73. The molecular weight excluding hydrogens is 238 g/mol. The van der Waals surface area contributed by atoms with Crippen molar-refractivity contribution in [2.45, 2.75) is 45.1 Å². The molecule has 3 fully saturated rings. The molecule has 3 heterocycles. The maximum Gasteiger partial charge on any atom is 0.320 e. The van der Waals surface area contributed by atoms with E-state index in [-0.39, 0.29) is 0 Å². The lowest BCUT2D eigenvalue weighted by Crippen LogP contribution is -2.59. The standard InChI is InChI=1S/C15H27N3O/c1-13-5-8-17(9-6-13)15(19)18-11-10-16-7-3-2-4-14(16)12-18/h13-14H,2-12H2,1H3. The van der Waals surface area contributed by atoms with Crippen molar-refractivity contribution in [1.82, 2.24) is 14.7 Å². The molecule has 0 aromatic heterocycles. The number of piperidine rings is 2. The van der Waals surface area contributed by atoms with Crippen LogP contribution >= 0.6 is 0 Å². The molecule has 0 radical (unpaired) electrons. The molecule has 0 aliphatic carbocycles. The number of fused-ring (bicyclic) bond motifs is 1. The van der Waals surface area contributed by atoms with E-state index in [9.17, 15) is 4.79 Å². The van der Waals surface area contributed by atoms with Gasteiger partial charge in [-0.15, -0.1) is 0 Å². The highest BCUT2D eigenvalue weighted by Gasteiger charge is 2.33. The molecule has 0 N–H and O–H groups in total. The van der Waals surface area contributed by atoms with Gasteiger partial charge in [0, 0.05) is 38.8 Å². The van der Waals surface area contributed by atoms with Gasteiger partial charge in [0.1, 0.15) is 0 Å². The third kappa shape index (κ3) is 2.88. The smallest absolute Gasteiger partial charge is 0.320 e. The van der Waals surface area contributed by atoms with Crippen molar-refractivity contribution in [3.8, 4) is 0 Å². The van der Waals surface area contributed by atoms with E-state index in [1.807, 2.05) is 0 Å². The number of urea groups is 1. The van der Waals surface area contributed by atoms with Gasteiger partial charge in [-0.1, -0.05) is 13.3 Å². The van der Waals surface area contributed by atoms with E-state index in [1.54, 1.807) is 0 Å². The third-order valence-electron chi connectivity index (χ3n) is 5.16. The van der Waals surface area contributed by atoms with E-state index >= 15 is 0 Å². The topological polar surface area (TPSA) is 26.8 Å². The van der Waals surface area contributed by atoms with Crippen molar-refractivity contribution in [2.75, 3.05) is 39.3 Å². The van der Waals surface area contributed by atoms with Crippen LogP contribution in [-0.4, -0.2) is 66.0 Å². The molecule has 3 aliphatic heterocycles. The van der Waals surface area contributed by atoms with Gasteiger partial charge in [0.2, 0.25) is 0 Å². The van der Waals surface area contributed by atoms with Gasteiger partial charge in [-0.05, 0) is 38.1 Å². The quantitative estimate of drug-likeness (QED) is 0.670. The molecule has 4 heteroatoms. The Morgan fingerprint density at radius 1 is 0.895 bits per heavy atom. The number of carbonyl (C=O) groups excluding carboxylic acids is 1. The van der Waals surface area contributed by atoms with Crippen molar-refractivity contribution >= 4 is 6.03 Å². The molecule has 3 saturated heterocycles. The molecule has 0 aromatic rings. The Morgan fingerprint density at radius 3 is 2.47 bits per heavy atom. The summed E-state index contributed by atoms with van der Waals surface area (Å²) in [7, 11) is 0. The zero-order valence-corrected chi connectivity index (χ0v) is 12.2. The second kappa shape index (κ2) is 5.70. The van der Waals surface area contributed by atoms with Crippen LogP contribution < -0.4 is 0 Å². The first-order valence-electron chi connectivity index (χ1n) is 8.02. The van der Waals surface area contributed by atoms with Gasteiger partial charge in [0.05, 0.1) is 0 Å². The summed E-state index contributed by atoms with van der Waals surface area (Å²) in [5.74, 6) is 0.791. The molecule has 1 unspecified atom stereocenters. The van der Waals surface area contributed by atoms with Crippen LogP contribution in [0, 0.1) is 5.92 Å². The fraction of sp³-hybridized carbons (Fsp3) is 0.933. The van der Waals surface area contributed by atoms with Crippen molar-refractivity contribution < 1.29 is 4.79 Å². The van der Waals surface area contributed by atoms with Gasteiger partial charge in [0.15, 0.2) is 0 Å². The summed E-state index contributed by atoms with van der Waals surface area (Å²) >= 11 is 0. The minimum atomic E-state index is 0.303. The molecule has 0 bridgehead atoms. The Hall–Kier alpha value is -0.770. The Morgan fingerprint density at radius 2 is 1.68 bits per heavy atom. The van der Waals surface area contributed by atoms with Crippen molar-refractivity contribution in [3.05, 3.63) is 0 Å². The summed E-state index contributed by atoms with van der Waals surface area (Å²) in [6.07, 6.45) is 6.31. The second-order valence-corrected chi connectivity index (χ2v) is 6.58. The average molecular weight is 265 g/mol. The molecule has 1 atom stereocenters. The summed E-state index contributed by atoms with van der Waals surface area (Å²) in [4.78, 5) is 19.4. The maximum absolute atomic E-state index is 12.6. The van der Waals surface area contributed by atoms with E-state index in [0.29, 0.717) is 12.1 Å². The van der Waals surface area contributed by atoms with E-state index < -0.39 is 0 Å². The van der Waals surface area contributed by atoms with E-state index in [2.05, 4.69) is 21.6 Å². The number of carbonyl (C=O) groups is 1. The Balaban J connectivity index is 1.55. The van der Waals surface area contributed by atoms with Crippen LogP contribution in [-0.2, 0) is 0 Å². The number of nitrogens with zero attached hydrogens (tertiary/aromatic N) is 3. The zero-order chi connectivity index (χ0) is 13.2. The number of rotatable bonds is 0. The Bertz CT molecular complexity index is 325. The highest BCUT2D eigenvalue weighted by Crippen LogP contribution is 2.23. The fourth-order valence-electron chi connectivity index (χ4n) is 3.73. The summed E-state index contributed by atoms with van der Waals surface area (Å²) in [5, 5.41) is 0. The lowest BCUT2D eigenvalue weighted by Gasteiger charge is -2.45. The normalized spacial score (nSPS) is 30.3. The summed E-state index contributed by atoms with van der Waals surface area (Å²) < 4.78 is 0. The summed E-state index contributed by atoms with van der Waals surface area (Å²) in [5.41, 5.74) is 0. The van der Waals surface area contributed by atoms with Gasteiger partial charge >= 0.3 is 6.03 Å². The van der Waals surface area contributed by atoms with Crippen LogP contribution in [0.15, 0.2) is 0 Å². The Kier molecular flexibility index (Phi) is 3.96. The number of hydrogen-bond acceptors (Lipinski definition) is 2. The summed E-state index contributed by atoms with van der Waals surface area (Å²) in [6, 6.07) is 0.937. The maximum atomic E-state index is 12.6. The number of likely N-dealkylation sites (tertiary alicyclic amines) is 1. The number of amides is 2. The van der Waals surface area contributed by atoms with E-state index in [4.69, 9.17) is 0 Å². The molecule has 4 nitrogen and oxygen atoms in total. The van der Waals surface area contributed by atoms with Gasteiger partial charge < -0.3 is 9.80 Å². The highest BCUT2D eigenvalue weighted by atomic mass is 16.2. The molecule has 3 rings (SSSR count). The van der Waals surface area contributed by atoms with Crippen LogP contribution in [0.3, 0.4) is 0 Å². The Labute approximate surface area is 116 Å². The van der Waals surface area contributed by atoms with Crippen molar-refractivity contribution in [2.24, 2.45) is 5.92 Å². The lowest BCUT2D eigenvalue weighted by molar-refractivity contribution is 0.0500. The van der Waals surface area contributed by atoms with Crippen LogP contribution in [0.1, 0.15) is 39.0 Å². The van der Waals surface area contributed by atoms with E-state index in [1.165, 1.54) is 38.6 Å². The molecule has 0 spiro atoms. The van der Waals surface area contributed by atoms with Crippen LogP contribution in [0.2, 0.25) is 0 Å². The number of hydrogen-bond donors (Lipinski definition) is 0. The minimum Gasteiger partial charge on any atom is -0.325 e. The first kappa shape index (κ1) is 13.2. The average Bonchev–Trinajstić information content (AvgIpc) is 2.47. The van der Waals surface area contributed by atoms with Gasteiger partial charge in [-0.3, -0.25) is 4.90 Å². The van der Waals surface area contributed by atoms with Crippen LogP contribution in [0.5, 0.6) is 0 Å². The van der Waals surface area contributed by atoms with Crippen LogP contribution in [0.25, 0.3) is 0 Å². The molecular formula is C15H27N3O. The molecule has 108 valence electrons. The highest BCUT2D eigenvalue weighted by molar-refractivity contribution is 5.74. The van der Waals surface area contributed by atoms with Crippen LogP contribution in [0.4, 0.5) is 4.79 Å². The predicted octanol–water partition coefficient (Wildman–Crippen LogP) is 2.01. The lowest BCUT2D eigenvalue weighted by atomic mass is 9.98. The second-order valence-electron chi connectivity index (χ2n) is 6.58. The van der Waals surface area contributed by atoms with Gasteiger partial charge in [-0.25, -0.2) is 4.79 Å². The SMILES string of the molecule is CC1CCN(C(=O)N2CCN3CCCCC3C2)CC1. The van der Waals surface area contributed by atoms with Crippen molar-refractivity contribution in [3.63, 3.8) is 0 Å². The predicted molar refractivity (Wildman–Crippen MR) is 76.2 cm³/mol. The summed E-state index contributed by atoms with van der Waals surface area (Å²) in [6.45, 7) is 8.44. The van der Waals surface area contributed by atoms with Crippen molar-refractivity contribution in [1.29, 1.82) is 0 Å². The zero-order valence-electron chi connectivity index (χ0n) is 12.2. The molecule has 3 aliphatic rings. The third-order valence-corrected chi connectivity index (χ3v) is 5.16. The molecule has 0 aromatic carbocycles.